The van der Waals surface area contributed by atoms with Crippen LogP contribution in [0.1, 0.15) is 37.3 Å². The Kier molecular flexibility index (Phi) is 7.20. The number of benzene rings is 1. The van der Waals surface area contributed by atoms with E-state index in [1.165, 1.54) is 25.8 Å². The Balaban J connectivity index is 1.66. The minimum atomic E-state index is -0.0553. The molecule has 4 N–H and O–H groups in total. The monoisotopic (exact) mass is 457 g/mol. The molecule has 1 fully saturated rings. The van der Waals surface area contributed by atoms with Crippen molar-refractivity contribution in [2.45, 2.75) is 19.9 Å². The SMILES string of the molecule is Cc1sc(NC(=O)c2ccccc2)c([C@H](c2cccs2)[NH+]2CC[NH+](CCO)CC2)c1C. The highest BCUT2D eigenvalue weighted by atomic mass is 32.1. The van der Waals surface area contributed by atoms with E-state index in [1.54, 1.807) is 27.6 Å². The second-order valence-electron chi connectivity index (χ2n) is 8.18. The van der Waals surface area contributed by atoms with Gasteiger partial charge in [-0.2, -0.15) is 0 Å². The molecular weight excluding hydrogens is 426 g/mol. The van der Waals surface area contributed by atoms with Crippen LogP contribution in [0.3, 0.4) is 0 Å². The molecule has 1 aliphatic rings. The molecule has 2 aromatic heterocycles. The summed E-state index contributed by atoms with van der Waals surface area (Å²) in [6.45, 7) is 9.63. The van der Waals surface area contributed by atoms with Crippen molar-refractivity contribution >= 4 is 33.6 Å². The molecule has 0 bridgehead atoms. The van der Waals surface area contributed by atoms with Crippen LogP contribution in [0.25, 0.3) is 0 Å². The fraction of sp³-hybridized carbons (Fsp3) is 0.375. The van der Waals surface area contributed by atoms with Crippen molar-refractivity contribution in [1.82, 2.24) is 0 Å². The van der Waals surface area contributed by atoms with Crippen LogP contribution in [0.15, 0.2) is 47.8 Å². The van der Waals surface area contributed by atoms with Gasteiger partial charge in [0.1, 0.15) is 37.7 Å². The summed E-state index contributed by atoms with van der Waals surface area (Å²) in [5.74, 6) is -0.0553. The molecule has 31 heavy (non-hydrogen) atoms. The summed E-state index contributed by atoms with van der Waals surface area (Å²) in [5.41, 5.74) is 3.22. The lowest BCUT2D eigenvalue weighted by atomic mass is 9.99. The smallest absolute Gasteiger partial charge is 0.256 e. The number of piperazine rings is 1. The van der Waals surface area contributed by atoms with Crippen LogP contribution in [-0.4, -0.2) is 50.3 Å². The standard InChI is InChI=1S/C24H29N3O2S2/c1-17-18(2)31-24(25-23(29)19-7-4-3-5-8-19)21(17)22(20-9-6-16-30-20)27-12-10-26(11-13-27)14-15-28/h3-9,16,22,28H,10-15H2,1-2H3,(H,25,29)/p+2/t22-/m0/s1. The topological polar surface area (TPSA) is 58.2 Å². The molecule has 1 amide bonds. The van der Waals surface area contributed by atoms with E-state index in [0.717, 1.165) is 37.7 Å². The van der Waals surface area contributed by atoms with Crippen LogP contribution in [0.4, 0.5) is 5.00 Å². The van der Waals surface area contributed by atoms with E-state index in [-0.39, 0.29) is 18.6 Å². The number of quaternary nitrogens is 2. The van der Waals surface area contributed by atoms with Crippen molar-refractivity contribution in [3.05, 3.63) is 74.3 Å². The van der Waals surface area contributed by atoms with Crippen molar-refractivity contribution in [1.29, 1.82) is 0 Å². The molecule has 4 rings (SSSR count). The molecular formula is C24H31N3O2S2+2. The number of carbonyl (C=O) groups excluding carboxylic acids is 1. The number of hydrogen-bond donors (Lipinski definition) is 4. The van der Waals surface area contributed by atoms with Crippen LogP contribution in [0, 0.1) is 13.8 Å². The maximum Gasteiger partial charge on any atom is 0.256 e. The number of carbonyl (C=O) groups is 1. The van der Waals surface area contributed by atoms with Crippen LogP contribution < -0.4 is 15.1 Å². The van der Waals surface area contributed by atoms with Gasteiger partial charge in [-0.05, 0) is 43.0 Å². The van der Waals surface area contributed by atoms with E-state index < -0.39 is 0 Å². The summed E-state index contributed by atoms with van der Waals surface area (Å²) in [6, 6.07) is 14.0. The number of aliphatic hydroxyl groups excluding tert-OH is 1. The third kappa shape index (κ3) is 4.91. The van der Waals surface area contributed by atoms with Gasteiger partial charge >= 0.3 is 0 Å². The lowest BCUT2D eigenvalue weighted by Crippen LogP contribution is -3.28. The van der Waals surface area contributed by atoms with E-state index in [0.29, 0.717) is 5.56 Å². The third-order valence-electron chi connectivity index (χ3n) is 6.28. The Bertz CT molecular complexity index is 994. The molecule has 164 valence electrons. The van der Waals surface area contributed by atoms with Gasteiger partial charge in [0.15, 0.2) is 6.04 Å². The zero-order valence-electron chi connectivity index (χ0n) is 18.1. The van der Waals surface area contributed by atoms with Crippen LogP contribution in [-0.2, 0) is 0 Å². The molecule has 7 heteroatoms. The summed E-state index contributed by atoms with van der Waals surface area (Å²) in [5, 5.41) is 15.7. The molecule has 0 unspecified atom stereocenters. The maximum atomic E-state index is 13.0. The second-order valence-corrected chi connectivity index (χ2v) is 10.4. The zero-order valence-corrected chi connectivity index (χ0v) is 19.7. The van der Waals surface area contributed by atoms with E-state index in [2.05, 4.69) is 36.7 Å². The molecule has 1 atom stereocenters. The Morgan fingerprint density at radius 2 is 1.84 bits per heavy atom. The van der Waals surface area contributed by atoms with Gasteiger partial charge in [0, 0.05) is 10.4 Å². The minimum absolute atomic E-state index is 0.0553. The highest BCUT2D eigenvalue weighted by molar-refractivity contribution is 7.16. The second kappa shape index (κ2) is 10.1. The van der Waals surface area contributed by atoms with Crippen LogP contribution >= 0.6 is 22.7 Å². The minimum Gasteiger partial charge on any atom is -0.391 e. The summed E-state index contributed by atoms with van der Waals surface area (Å²) in [7, 11) is 0. The van der Waals surface area contributed by atoms with Crippen LogP contribution in [0.5, 0.6) is 0 Å². The zero-order chi connectivity index (χ0) is 21.8. The highest BCUT2D eigenvalue weighted by Crippen LogP contribution is 2.39. The lowest BCUT2D eigenvalue weighted by molar-refractivity contribution is -1.02. The van der Waals surface area contributed by atoms with E-state index in [9.17, 15) is 9.90 Å². The first-order valence-corrected chi connectivity index (χ1v) is 12.6. The quantitative estimate of drug-likeness (QED) is 0.435. The summed E-state index contributed by atoms with van der Waals surface area (Å²) in [6.07, 6.45) is 0. The van der Waals surface area contributed by atoms with Gasteiger partial charge in [-0.1, -0.05) is 24.3 Å². The molecule has 0 radical (unpaired) electrons. The van der Waals surface area contributed by atoms with Crippen LogP contribution in [0.2, 0.25) is 0 Å². The Morgan fingerprint density at radius 3 is 2.48 bits per heavy atom. The van der Waals surface area contributed by atoms with Crippen molar-refractivity contribution in [2.24, 2.45) is 0 Å². The number of aliphatic hydroxyl groups is 1. The fourth-order valence-electron chi connectivity index (χ4n) is 4.47. The molecule has 5 nitrogen and oxygen atoms in total. The maximum absolute atomic E-state index is 13.0. The van der Waals surface area contributed by atoms with E-state index >= 15 is 0 Å². The first-order chi connectivity index (χ1) is 15.1. The number of rotatable bonds is 7. The van der Waals surface area contributed by atoms with Gasteiger partial charge in [0.2, 0.25) is 0 Å². The number of amides is 1. The average Bonchev–Trinajstić information content (AvgIpc) is 3.41. The van der Waals surface area contributed by atoms with Crippen molar-refractivity contribution in [3.63, 3.8) is 0 Å². The summed E-state index contributed by atoms with van der Waals surface area (Å²) >= 11 is 3.48. The van der Waals surface area contributed by atoms with Gasteiger partial charge in [0.25, 0.3) is 5.91 Å². The average molecular weight is 458 g/mol. The predicted octanol–water partition coefficient (Wildman–Crippen LogP) is 1.54. The molecule has 0 saturated carbocycles. The number of aryl methyl sites for hydroxylation is 1. The van der Waals surface area contributed by atoms with Gasteiger partial charge < -0.3 is 20.2 Å². The fourth-order valence-corrected chi connectivity index (χ4v) is 6.46. The Labute approximate surface area is 191 Å². The van der Waals surface area contributed by atoms with Gasteiger partial charge in [0.05, 0.1) is 17.0 Å². The van der Waals surface area contributed by atoms with Crippen molar-refractivity contribution in [2.75, 3.05) is 44.6 Å². The highest BCUT2D eigenvalue weighted by Gasteiger charge is 2.36. The number of thiophene rings is 2. The Hall–Kier alpha value is -2.03. The first-order valence-electron chi connectivity index (χ1n) is 10.9. The predicted molar refractivity (Wildman–Crippen MR) is 128 cm³/mol. The molecule has 3 heterocycles. The van der Waals surface area contributed by atoms with Gasteiger partial charge in [-0.15, -0.1) is 22.7 Å². The van der Waals surface area contributed by atoms with E-state index in [4.69, 9.17) is 0 Å². The molecule has 0 spiro atoms. The number of nitrogens with one attached hydrogen (secondary N) is 3. The molecule has 3 aromatic rings. The van der Waals surface area contributed by atoms with Crippen molar-refractivity contribution in [3.8, 4) is 0 Å². The van der Waals surface area contributed by atoms with Gasteiger partial charge in [-0.25, -0.2) is 0 Å². The largest absolute Gasteiger partial charge is 0.391 e. The normalized spacial score (nSPS) is 19.8. The summed E-state index contributed by atoms with van der Waals surface area (Å²) in [4.78, 5) is 18.6. The molecule has 0 aliphatic carbocycles. The molecule has 1 saturated heterocycles. The number of hydrogen-bond acceptors (Lipinski definition) is 4. The number of anilines is 1. The Morgan fingerprint density at radius 1 is 1.10 bits per heavy atom. The molecule has 1 aliphatic heterocycles. The summed E-state index contributed by atoms with van der Waals surface area (Å²) < 4.78 is 0. The van der Waals surface area contributed by atoms with Gasteiger partial charge in [-0.3, -0.25) is 4.79 Å². The first kappa shape index (κ1) is 22.2. The molecule has 1 aromatic carbocycles. The lowest BCUT2D eigenvalue weighted by Gasteiger charge is -2.34. The van der Waals surface area contributed by atoms with Crippen molar-refractivity contribution < 1.29 is 19.7 Å². The third-order valence-corrected chi connectivity index (χ3v) is 8.36. The van der Waals surface area contributed by atoms with E-state index in [1.807, 2.05) is 30.3 Å².